The molecule has 2 aromatic rings. The molecule has 0 bridgehead atoms. The predicted octanol–water partition coefficient (Wildman–Crippen LogP) is -5.34. The monoisotopic (exact) mass is 950 g/mol. The van der Waals surface area contributed by atoms with Crippen molar-refractivity contribution in [3.8, 4) is 0 Å². The molecule has 0 aromatic carbocycles. The number of rotatable bonds is 29. The van der Waals surface area contributed by atoms with E-state index < -0.39 is 140 Å². The Morgan fingerprint density at radius 2 is 1.05 bits per heavy atom. The molecule has 0 radical (unpaired) electrons. The summed E-state index contributed by atoms with van der Waals surface area (Å²) in [5.74, 6) is -8.85. The van der Waals surface area contributed by atoms with E-state index in [0.29, 0.717) is 17.1 Å². The summed E-state index contributed by atoms with van der Waals surface area (Å²) in [5.41, 5.74) is 6.31. The number of carbonyl (C=O) groups is 10. The number of aromatic nitrogens is 4. The molecule has 0 aliphatic rings. The van der Waals surface area contributed by atoms with Gasteiger partial charge in [-0.25, -0.2) is 14.8 Å². The lowest BCUT2D eigenvalue weighted by atomic mass is 10.0. The summed E-state index contributed by atoms with van der Waals surface area (Å²) in [5, 5.41) is 40.5. The van der Waals surface area contributed by atoms with Crippen molar-refractivity contribution < 1.29 is 58.2 Å². The summed E-state index contributed by atoms with van der Waals surface area (Å²) in [4.78, 5) is 142. The van der Waals surface area contributed by atoms with E-state index in [0.717, 1.165) is 0 Å². The Hall–Kier alpha value is -6.61. The van der Waals surface area contributed by atoms with Gasteiger partial charge in [0.15, 0.2) is 0 Å². The van der Waals surface area contributed by atoms with Gasteiger partial charge in [-0.15, -0.1) is 0 Å². The number of thioether (sulfide) groups is 1. The second-order valence-electron chi connectivity index (χ2n) is 15.7. The van der Waals surface area contributed by atoms with Gasteiger partial charge in [0.05, 0.1) is 38.9 Å². The van der Waals surface area contributed by atoms with Gasteiger partial charge in [-0.1, -0.05) is 27.7 Å². The summed E-state index contributed by atoms with van der Waals surface area (Å²) in [6.07, 6.45) is 7.27. The van der Waals surface area contributed by atoms with Gasteiger partial charge in [0, 0.05) is 36.6 Å². The van der Waals surface area contributed by atoms with Gasteiger partial charge in [0.1, 0.15) is 42.3 Å². The number of carboxylic acid groups (broad SMARTS) is 1. The Labute approximate surface area is 384 Å². The molecule has 7 atom stereocenters. The topological polar surface area (TPSA) is 403 Å². The molecule has 26 nitrogen and oxygen atoms in total. The standard InChI is InChI=1S/C39H62N14O12S/c1-19(2)31(37(62)50-25(39(64)65)7-8-66-6)52-30(57)15-45-36(61)27(10-23-12-42-18-47-23)51-38(63)32(20(3)4)53-33(58)21(5)48-28(55)13-44-35(60)26(9-22-11-41-17-46-22)49-29(56)14-43-34(59)24(40)16-54/h11-12,17-21,24-27,31-32,54H,7-10,13-16,40H2,1-6H3,(H,41,46)(H,42,47)(H,43,59)(H,44,60)(H,45,61)(H,48,55)(H,49,56)(H,50,62)(H,51,63)(H,52,57)(H,53,58)(H,64,65)/t21-,24-,25-,26-,27-,31-,32-/m0/s1. The van der Waals surface area contributed by atoms with Gasteiger partial charge < -0.3 is 73.8 Å². The third kappa shape index (κ3) is 19.6. The first-order chi connectivity index (χ1) is 31.2. The number of nitrogens with two attached hydrogens (primary N) is 1. The van der Waals surface area contributed by atoms with Crippen LogP contribution >= 0.6 is 11.8 Å². The zero-order valence-electron chi connectivity index (χ0n) is 37.5. The number of aliphatic hydroxyl groups excluding tert-OH is 1. The number of aromatic amines is 2. The number of aliphatic hydroxyl groups is 1. The average Bonchev–Trinajstić information content (AvgIpc) is 4.00. The molecule has 27 heteroatoms. The zero-order valence-corrected chi connectivity index (χ0v) is 38.3. The molecule has 0 aliphatic carbocycles. The molecular formula is C39H62N14O12S. The SMILES string of the molecule is CSCC[C@H](NC(=O)[C@@H](NC(=O)CNC(=O)[C@H](Cc1cnc[nH]1)NC(=O)[C@@H](NC(=O)[C@H](C)NC(=O)CNC(=O)[C@H](Cc1cnc[nH]1)NC(=O)CNC(=O)[C@@H](N)CO)C(C)C)C(C)C)C(=O)O. The van der Waals surface area contributed by atoms with Gasteiger partial charge in [0.25, 0.3) is 0 Å². The van der Waals surface area contributed by atoms with Crippen molar-refractivity contribution in [3.05, 3.63) is 36.4 Å². The van der Waals surface area contributed by atoms with E-state index in [-0.39, 0.29) is 19.3 Å². The fourth-order valence-electron chi connectivity index (χ4n) is 5.81. The van der Waals surface area contributed by atoms with Crippen LogP contribution in [0.3, 0.4) is 0 Å². The van der Waals surface area contributed by atoms with E-state index in [1.165, 1.54) is 43.7 Å². The third-order valence-corrected chi connectivity index (χ3v) is 10.2. The van der Waals surface area contributed by atoms with Crippen LogP contribution in [0.5, 0.6) is 0 Å². The van der Waals surface area contributed by atoms with Crippen LogP contribution in [0.15, 0.2) is 25.0 Å². The van der Waals surface area contributed by atoms with E-state index in [1.54, 1.807) is 34.0 Å². The molecule has 0 saturated heterocycles. The van der Waals surface area contributed by atoms with E-state index in [9.17, 15) is 53.1 Å². The minimum atomic E-state index is -1.31. The average molecular weight is 951 g/mol. The first-order valence-electron chi connectivity index (χ1n) is 20.8. The smallest absolute Gasteiger partial charge is 0.326 e. The highest BCUT2D eigenvalue weighted by Crippen LogP contribution is 2.08. The Kier molecular flexibility index (Phi) is 23.8. The van der Waals surface area contributed by atoms with Crippen LogP contribution in [0.2, 0.25) is 0 Å². The lowest BCUT2D eigenvalue weighted by molar-refractivity contribution is -0.142. The molecule has 0 fully saturated rings. The summed E-state index contributed by atoms with van der Waals surface area (Å²) < 4.78 is 0. The van der Waals surface area contributed by atoms with Crippen LogP contribution in [0, 0.1) is 11.8 Å². The number of imidazole rings is 2. The normalized spacial score (nSPS) is 14.2. The summed E-state index contributed by atoms with van der Waals surface area (Å²) in [6.45, 7) is 5.38. The first kappa shape index (κ1) is 55.5. The van der Waals surface area contributed by atoms with Crippen LogP contribution in [0.25, 0.3) is 0 Å². The van der Waals surface area contributed by atoms with E-state index in [1.807, 2.05) is 0 Å². The van der Waals surface area contributed by atoms with Gasteiger partial charge in [-0.3, -0.25) is 43.2 Å². The van der Waals surface area contributed by atoms with Crippen molar-refractivity contribution in [3.63, 3.8) is 0 Å². The number of amides is 9. The number of nitrogens with one attached hydrogen (secondary N) is 11. The molecule has 2 heterocycles. The highest BCUT2D eigenvalue weighted by Gasteiger charge is 2.33. The Balaban J connectivity index is 2.04. The lowest BCUT2D eigenvalue weighted by Crippen LogP contribution is -2.59. The van der Waals surface area contributed by atoms with E-state index in [4.69, 9.17) is 10.8 Å². The number of carbonyl (C=O) groups excluding carboxylic acids is 9. The maximum absolute atomic E-state index is 13.7. The fraction of sp³-hybridized carbons (Fsp3) is 0.590. The highest BCUT2D eigenvalue weighted by atomic mass is 32.2. The maximum atomic E-state index is 13.7. The van der Waals surface area contributed by atoms with Crippen LogP contribution in [-0.4, -0.2) is 170 Å². The van der Waals surface area contributed by atoms with Crippen LogP contribution in [-0.2, 0) is 60.8 Å². The summed E-state index contributed by atoms with van der Waals surface area (Å²) in [7, 11) is 0. The van der Waals surface area contributed by atoms with E-state index >= 15 is 0 Å². The molecule has 15 N–H and O–H groups in total. The van der Waals surface area contributed by atoms with Crippen LogP contribution < -0.4 is 53.6 Å². The van der Waals surface area contributed by atoms with Crippen molar-refractivity contribution in [1.29, 1.82) is 0 Å². The van der Waals surface area contributed by atoms with Crippen molar-refractivity contribution in [2.24, 2.45) is 17.6 Å². The highest BCUT2D eigenvalue weighted by molar-refractivity contribution is 7.98. The first-order valence-corrected chi connectivity index (χ1v) is 22.2. The maximum Gasteiger partial charge on any atom is 0.326 e. The molecule has 366 valence electrons. The quantitative estimate of drug-likeness (QED) is 0.0362. The van der Waals surface area contributed by atoms with Gasteiger partial charge in [-0.05, 0) is 37.2 Å². The molecule has 0 aliphatic heterocycles. The van der Waals surface area contributed by atoms with Crippen LogP contribution in [0.4, 0.5) is 0 Å². The number of carboxylic acids is 1. The Morgan fingerprint density at radius 3 is 1.48 bits per heavy atom. The molecule has 9 amide bonds. The molecule has 2 aromatic heterocycles. The fourth-order valence-corrected chi connectivity index (χ4v) is 6.28. The van der Waals surface area contributed by atoms with E-state index in [2.05, 4.69) is 67.8 Å². The van der Waals surface area contributed by atoms with Crippen LogP contribution in [0.1, 0.15) is 52.4 Å². The van der Waals surface area contributed by atoms with Gasteiger partial charge in [0.2, 0.25) is 53.2 Å². The zero-order chi connectivity index (χ0) is 49.5. The lowest BCUT2D eigenvalue weighted by Gasteiger charge is -2.26. The molecule has 2 rings (SSSR count). The Bertz CT molecular complexity index is 1950. The second kappa shape index (κ2) is 28.3. The second-order valence-corrected chi connectivity index (χ2v) is 16.7. The predicted molar refractivity (Wildman–Crippen MR) is 236 cm³/mol. The molecular weight excluding hydrogens is 889 g/mol. The van der Waals surface area contributed by atoms with Crippen molar-refractivity contribution >= 4 is 70.9 Å². The number of hydrogen-bond donors (Lipinski definition) is 14. The molecule has 0 unspecified atom stereocenters. The third-order valence-electron chi connectivity index (χ3n) is 9.55. The minimum absolute atomic E-state index is 0.0873. The van der Waals surface area contributed by atoms with Crippen molar-refractivity contribution in [1.82, 2.24) is 67.8 Å². The molecule has 66 heavy (non-hydrogen) atoms. The largest absolute Gasteiger partial charge is 0.480 e. The van der Waals surface area contributed by atoms with Crippen molar-refractivity contribution in [2.45, 2.75) is 96.2 Å². The number of hydrogen-bond acceptors (Lipinski definition) is 15. The Morgan fingerprint density at radius 1 is 0.606 bits per heavy atom. The van der Waals surface area contributed by atoms with Gasteiger partial charge in [-0.2, -0.15) is 11.8 Å². The van der Waals surface area contributed by atoms with Gasteiger partial charge >= 0.3 is 5.97 Å². The summed E-state index contributed by atoms with van der Waals surface area (Å²) >= 11 is 1.41. The number of H-pyrrole nitrogens is 2. The minimum Gasteiger partial charge on any atom is -0.480 e. The number of aliphatic carboxylic acids is 1. The van der Waals surface area contributed by atoms with Crippen molar-refractivity contribution in [2.75, 3.05) is 38.2 Å². The summed E-state index contributed by atoms with van der Waals surface area (Å²) in [6, 6.07) is -8.63. The molecule has 0 spiro atoms. The molecule has 0 saturated carbocycles. The number of nitrogens with zero attached hydrogens (tertiary/aromatic N) is 2.